The van der Waals surface area contributed by atoms with Crippen molar-refractivity contribution in [3.05, 3.63) is 29.0 Å². The standard InChI is InChI=1S/C10H13ClFNO/c1-2-14-7-6-13-9-5-3-4-8(11)10(9)12/h3-5,13H,2,6-7H2,1H3. The van der Waals surface area contributed by atoms with Gasteiger partial charge in [-0.05, 0) is 19.1 Å². The smallest absolute Gasteiger partial charge is 0.164 e. The van der Waals surface area contributed by atoms with Gasteiger partial charge in [-0.3, -0.25) is 0 Å². The van der Waals surface area contributed by atoms with Gasteiger partial charge in [-0.1, -0.05) is 17.7 Å². The molecule has 0 aliphatic rings. The Kier molecular flexibility index (Phi) is 4.70. The first-order valence-corrected chi connectivity index (χ1v) is 4.89. The fourth-order valence-corrected chi connectivity index (χ4v) is 1.22. The van der Waals surface area contributed by atoms with Gasteiger partial charge in [0.2, 0.25) is 0 Å². The third kappa shape index (κ3) is 3.16. The Hall–Kier alpha value is -0.800. The van der Waals surface area contributed by atoms with Gasteiger partial charge in [0.1, 0.15) is 0 Å². The number of anilines is 1. The fraction of sp³-hybridized carbons (Fsp3) is 0.400. The molecule has 0 fully saturated rings. The van der Waals surface area contributed by atoms with Crippen molar-refractivity contribution in [3.8, 4) is 0 Å². The normalized spacial score (nSPS) is 10.2. The molecule has 0 spiro atoms. The van der Waals surface area contributed by atoms with E-state index in [1.54, 1.807) is 12.1 Å². The summed E-state index contributed by atoms with van der Waals surface area (Å²) in [6.07, 6.45) is 0. The summed E-state index contributed by atoms with van der Waals surface area (Å²) in [6.45, 7) is 3.72. The summed E-state index contributed by atoms with van der Waals surface area (Å²) >= 11 is 5.61. The van der Waals surface area contributed by atoms with Gasteiger partial charge in [0.05, 0.1) is 17.3 Å². The van der Waals surface area contributed by atoms with Gasteiger partial charge in [-0.25, -0.2) is 4.39 Å². The minimum atomic E-state index is -0.411. The quantitative estimate of drug-likeness (QED) is 0.766. The van der Waals surface area contributed by atoms with Gasteiger partial charge in [0.25, 0.3) is 0 Å². The predicted molar refractivity (Wildman–Crippen MR) is 56.4 cm³/mol. The van der Waals surface area contributed by atoms with Crippen LogP contribution in [0.1, 0.15) is 6.92 Å². The van der Waals surface area contributed by atoms with Crippen LogP contribution in [0, 0.1) is 5.82 Å². The van der Waals surface area contributed by atoms with Crippen LogP contribution < -0.4 is 5.32 Å². The summed E-state index contributed by atoms with van der Waals surface area (Å²) in [5, 5.41) is 3.04. The van der Waals surface area contributed by atoms with Gasteiger partial charge in [0.15, 0.2) is 5.82 Å². The summed E-state index contributed by atoms with van der Waals surface area (Å²) in [5.41, 5.74) is 0.414. The Morgan fingerprint density at radius 3 is 3.00 bits per heavy atom. The largest absolute Gasteiger partial charge is 0.380 e. The number of hydrogen-bond donors (Lipinski definition) is 1. The van der Waals surface area contributed by atoms with Crippen LogP contribution in [0.5, 0.6) is 0 Å². The Morgan fingerprint density at radius 2 is 2.29 bits per heavy atom. The van der Waals surface area contributed by atoms with Crippen molar-refractivity contribution in [1.82, 2.24) is 0 Å². The Labute approximate surface area is 88.0 Å². The molecule has 0 radical (unpaired) electrons. The van der Waals surface area contributed by atoms with Gasteiger partial charge < -0.3 is 10.1 Å². The molecule has 0 aliphatic carbocycles. The van der Waals surface area contributed by atoms with E-state index in [0.29, 0.717) is 25.4 Å². The van der Waals surface area contributed by atoms with E-state index in [2.05, 4.69) is 5.32 Å². The molecule has 1 rings (SSSR count). The second kappa shape index (κ2) is 5.83. The van der Waals surface area contributed by atoms with Crippen molar-refractivity contribution in [2.45, 2.75) is 6.92 Å². The van der Waals surface area contributed by atoms with Crippen molar-refractivity contribution in [1.29, 1.82) is 0 Å². The van der Waals surface area contributed by atoms with Crippen LogP contribution in [-0.4, -0.2) is 19.8 Å². The first kappa shape index (κ1) is 11.3. The Morgan fingerprint density at radius 1 is 1.50 bits per heavy atom. The highest BCUT2D eigenvalue weighted by Gasteiger charge is 2.04. The van der Waals surface area contributed by atoms with Crippen molar-refractivity contribution < 1.29 is 9.13 Å². The maximum atomic E-state index is 13.3. The highest BCUT2D eigenvalue weighted by Crippen LogP contribution is 2.21. The molecule has 14 heavy (non-hydrogen) atoms. The molecule has 2 nitrogen and oxygen atoms in total. The zero-order chi connectivity index (χ0) is 10.4. The molecule has 1 aromatic carbocycles. The van der Waals surface area contributed by atoms with Crippen LogP contribution in [0.25, 0.3) is 0 Å². The maximum Gasteiger partial charge on any atom is 0.164 e. The van der Waals surface area contributed by atoms with Crippen molar-refractivity contribution >= 4 is 17.3 Å². The first-order valence-electron chi connectivity index (χ1n) is 4.51. The van der Waals surface area contributed by atoms with E-state index >= 15 is 0 Å². The van der Waals surface area contributed by atoms with Gasteiger partial charge in [0, 0.05) is 13.2 Å². The third-order valence-electron chi connectivity index (χ3n) is 1.72. The molecule has 0 atom stereocenters. The van der Waals surface area contributed by atoms with E-state index in [4.69, 9.17) is 16.3 Å². The fourth-order valence-electron chi connectivity index (χ4n) is 1.04. The van der Waals surface area contributed by atoms with Crippen molar-refractivity contribution in [2.75, 3.05) is 25.1 Å². The topological polar surface area (TPSA) is 21.3 Å². The molecule has 0 unspecified atom stereocenters. The summed E-state index contributed by atoms with van der Waals surface area (Å²) in [7, 11) is 0. The van der Waals surface area contributed by atoms with E-state index in [9.17, 15) is 4.39 Å². The minimum absolute atomic E-state index is 0.131. The Balaban J connectivity index is 2.46. The van der Waals surface area contributed by atoms with E-state index in [0.717, 1.165) is 0 Å². The molecule has 0 heterocycles. The van der Waals surface area contributed by atoms with Gasteiger partial charge in [-0.15, -0.1) is 0 Å². The lowest BCUT2D eigenvalue weighted by atomic mass is 10.3. The lowest BCUT2D eigenvalue weighted by Gasteiger charge is -2.07. The zero-order valence-corrected chi connectivity index (χ0v) is 8.77. The van der Waals surface area contributed by atoms with Crippen molar-refractivity contribution in [3.63, 3.8) is 0 Å². The van der Waals surface area contributed by atoms with E-state index < -0.39 is 5.82 Å². The zero-order valence-electron chi connectivity index (χ0n) is 8.02. The molecule has 4 heteroatoms. The summed E-state index contributed by atoms with van der Waals surface area (Å²) in [5.74, 6) is -0.411. The van der Waals surface area contributed by atoms with Crippen LogP contribution in [-0.2, 0) is 4.74 Å². The SMILES string of the molecule is CCOCCNc1cccc(Cl)c1F. The molecular formula is C10H13ClFNO. The second-order valence-corrected chi connectivity index (χ2v) is 3.13. The molecule has 0 saturated carbocycles. The van der Waals surface area contributed by atoms with Crippen LogP contribution >= 0.6 is 11.6 Å². The minimum Gasteiger partial charge on any atom is -0.380 e. The molecular weight excluding hydrogens is 205 g/mol. The lowest BCUT2D eigenvalue weighted by Crippen LogP contribution is -2.10. The molecule has 78 valence electrons. The molecule has 0 aliphatic heterocycles. The van der Waals surface area contributed by atoms with Gasteiger partial charge in [-0.2, -0.15) is 0 Å². The number of hydrogen-bond acceptors (Lipinski definition) is 2. The number of rotatable bonds is 5. The summed E-state index contributed by atoms with van der Waals surface area (Å²) in [6, 6.07) is 4.87. The van der Waals surface area contributed by atoms with E-state index in [1.807, 2.05) is 6.92 Å². The average Bonchev–Trinajstić information content (AvgIpc) is 2.19. The molecule has 1 N–H and O–H groups in total. The number of halogens is 2. The number of benzene rings is 1. The second-order valence-electron chi connectivity index (χ2n) is 2.73. The molecule has 0 amide bonds. The molecule has 0 saturated heterocycles. The number of nitrogens with one attached hydrogen (secondary N) is 1. The summed E-state index contributed by atoms with van der Waals surface area (Å²) < 4.78 is 18.4. The van der Waals surface area contributed by atoms with E-state index in [1.165, 1.54) is 6.07 Å². The third-order valence-corrected chi connectivity index (χ3v) is 2.01. The van der Waals surface area contributed by atoms with Crippen LogP contribution in [0.2, 0.25) is 5.02 Å². The van der Waals surface area contributed by atoms with Crippen molar-refractivity contribution in [2.24, 2.45) is 0 Å². The maximum absolute atomic E-state index is 13.3. The monoisotopic (exact) mass is 217 g/mol. The average molecular weight is 218 g/mol. The predicted octanol–water partition coefficient (Wildman–Crippen LogP) is 2.93. The van der Waals surface area contributed by atoms with Crippen LogP contribution in [0.15, 0.2) is 18.2 Å². The van der Waals surface area contributed by atoms with E-state index in [-0.39, 0.29) is 5.02 Å². The summed E-state index contributed by atoms with van der Waals surface area (Å²) in [4.78, 5) is 0. The van der Waals surface area contributed by atoms with Crippen LogP contribution in [0.4, 0.5) is 10.1 Å². The number of ether oxygens (including phenoxy) is 1. The highest BCUT2D eigenvalue weighted by molar-refractivity contribution is 6.31. The lowest BCUT2D eigenvalue weighted by molar-refractivity contribution is 0.158. The molecule has 0 bridgehead atoms. The highest BCUT2D eigenvalue weighted by atomic mass is 35.5. The Bertz CT molecular complexity index is 293. The molecule has 0 aromatic heterocycles. The van der Waals surface area contributed by atoms with Crippen LogP contribution in [0.3, 0.4) is 0 Å². The van der Waals surface area contributed by atoms with Gasteiger partial charge >= 0.3 is 0 Å². The first-order chi connectivity index (χ1) is 6.75. The molecule has 1 aromatic rings.